The molecule has 162 valence electrons. The summed E-state index contributed by atoms with van der Waals surface area (Å²) in [5, 5.41) is 14.5. The lowest BCUT2D eigenvalue weighted by Gasteiger charge is -2.30. The first-order valence-electron chi connectivity index (χ1n) is 9.85. The summed E-state index contributed by atoms with van der Waals surface area (Å²) in [5.41, 5.74) is 0.0274. The predicted molar refractivity (Wildman–Crippen MR) is 109 cm³/mol. The number of benzene rings is 1. The normalized spacial score (nSPS) is 17.7. The van der Waals surface area contributed by atoms with Gasteiger partial charge in [0.1, 0.15) is 5.69 Å². The molecule has 0 spiro atoms. The van der Waals surface area contributed by atoms with Crippen LogP contribution in [0.2, 0.25) is 0 Å². The van der Waals surface area contributed by atoms with E-state index in [1.165, 1.54) is 23.5 Å². The highest BCUT2D eigenvalue weighted by atomic mass is 32.2. The van der Waals surface area contributed by atoms with Crippen molar-refractivity contribution in [3.05, 3.63) is 28.3 Å². The fraction of sp³-hybridized carbons (Fsp3) is 0.632. The van der Waals surface area contributed by atoms with Crippen molar-refractivity contribution in [2.24, 2.45) is 5.92 Å². The van der Waals surface area contributed by atoms with Crippen LogP contribution in [0.15, 0.2) is 23.1 Å². The van der Waals surface area contributed by atoms with Gasteiger partial charge in [0.2, 0.25) is 10.0 Å². The molecule has 10 heteroatoms. The van der Waals surface area contributed by atoms with E-state index in [0.717, 1.165) is 31.7 Å². The van der Waals surface area contributed by atoms with E-state index in [2.05, 4.69) is 10.1 Å². The predicted octanol–water partition coefficient (Wildman–Crippen LogP) is 3.16. The van der Waals surface area contributed by atoms with Crippen molar-refractivity contribution >= 4 is 27.4 Å². The lowest BCUT2D eigenvalue weighted by molar-refractivity contribution is -0.384. The van der Waals surface area contributed by atoms with Crippen LogP contribution < -0.4 is 5.32 Å². The number of methoxy groups -OCH3 is 1. The Morgan fingerprint density at radius 3 is 2.76 bits per heavy atom. The van der Waals surface area contributed by atoms with Crippen molar-refractivity contribution in [1.82, 2.24) is 4.31 Å². The summed E-state index contributed by atoms with van der Waals surface area (Å²) >= 11 is 0. The number of unbranched alkanes of at least 4 members (excludes halogenated alkanes) is 2. The molecule has 0 amide bonds. The van der Waals surface area contributed by atoms with Crippen LogP contribution in [0, 0.1) is 16.0 Å². The molecular formula is C19H29N3O6S. The number of nitrogens with one attached hydrogen (secondary N) is 1. The van der Waals surface area contributed by atoms with Crippen LogP contribution in [0.5, 0.6) is 0 Å². The molecule has 1 saturated heterocycles. The Balaban J connectivity index is 2.03. The van der Waals surface area contributed by atoms with Crippen LogP contribution >= 0.6 is 0 Å². The van der Waals surface area contributed by atoms with Gasteiger partial charge in [0.15, 0.2) is 0 Å². The molecule has 2 rings (SSSR count). The van der Waals surface area contributed by atoms with E-state index in [-0.39, 0.29) is 28.2 Å². The number of anilines is 1. The van der Waals surface area contributed by atoms with Gasteiger partial charge in [-0.3, -0.25) is 14.9 Å². The second-order valence-corrected chi connectivity index (χ2v) is 9.30. The van der Waals surface area contributed by atoms with Gasteiger partial charge < -0.3 is 10.1 Å². The van der Waals surface area contributed by atoms with Crippen molar-refractivity contribution in [2.45, 2.75) is 50.3 Å². The molecule has 1 aromatic carbocycles. The molecular weight excluding hydrogens is 398 g/mol. The van der Waals surface area contributed by atoms with Gasteiger partial charge in [-0.05, 0) is 43.7 Å². The third-order valence-electron chi connectivity index (χ3n) is 5.02. The molecule has 0 aromatic heterocycles. The molecule has 9 nitrogen and oxygen atoms in total. The van der Waals surface area contributed by atoms with Crippen LogP contribution in [0.25, 0.3) is 0 Å². The minimum Gasteiger partial charge on any atom is -0.469 e. The van der Waals surface area contributed by atoms with Crippen molar-refractivity contribution in [1.29, 1.82) is 0 Å². The monoisotopic (exact) mass is 427 g/mol. The number of carbonyl (C=O) groups excluding carboxylic acids is 1. The van der Waals surface area contributed by atoms with Crippen LogP contribution in [-0.2, 0) is 19.6 Å². The first kappa shape index (κ1) is 23.1. The summed E-state index contributed by atoms with van der Waals surface area (Å²) < 4.78 is 31.7. The molecule has 1 aliphatic heterocycles. The molecule has 0 bridgehead atoms. The van der Waals surface area contributed by atoms with Crippen LogP contribution in [-0.4, -0.2) is 50.4 Å². The Kier molecular flexibility index (Phi) is 8.39. The second-order valence-electron chi connectivity index (χ2n) is 7.36. The van der Waals surface area contributed by atoms with E-state index in [1.807, 2.05) is 6.92 Å². The number of carbonyl (C=O) groups is 1. The number of rotatable bonds is 10. The standard InChI is InChI=1S/C19H29N3O6S/c1-15-7-6-12-21(14-15)29(26,27)16-9-10-17(18(13-16)22(24)25)20-11-5-3-4-8-19(23)28-2/h9-10,13,15,20H,3-8,11-12,14H2,1-2H3/t15-/m1/s1. The van der Waals surface area contributed by atoms with E-state index < -0.39 is 14.9 Å². The average molecular weight is 428 g/mol. The molecule has 0 unspecified atom stereocenters. The van der Waals surface area contributed by atoms with E-state index in [9.17, 15) is 23.3 Å². The van der Waals surface area contributed by atoms with E-state index in [4.69, 9.17) is 0 Å². The summed E-state index contributed by atoms with van der Waals surface area (Å²) in [4.78, 5) is 21.9. The topological polar surface area (TPSA) is 119 Å². The highest BCUT2D eigenvalue weighted by Crippen LogP contribution is 2.30. The largest absolute Gasteiger partial charge is 0.469 e. The van der Waals surface area contributed by atoms with Gasteiger partial charge in [-0.15, -0.1) is 0 Å². The third-order valence-corrected chi connectivity index (χ3v) is 6.89. The SMILES string of the molecule is COC(=O)CCCCCNc1ccc(S(=O)(=O)N2CCC[C@@H](C)C2)cc1[N+](=O)[O-]. The lowest BCUT2D eigenvalue weighted by atomic mass is 10.0. The first-order chi connectivity index (χ1) is 13.8. The van der Waals surface area contributed by atoms with Crippen LogP contribution in [0.1, 0.15) is 45.4 Å². The second kappa shape index (κ2) is 10.5. The molecule has 1 atom stereocenters. The summed E-state index contributed by atoms with van der Waals surface area (Å²) in [6.45, 7) is 3.35. The number of hydrogen-bond donors (Lipinski definition) is 1. The number of piperidine rings is 1. The van der Waals surface area contributed by atoms with Gasteiger partial charge in [-0.1, -0.05) is 13.3 Å². The summed E-state index contributed by atoms with van der Waals surface area (Å²) in [6, 6.07) is 4.00. The molecule has 29 heavy (non-hydrogen) atoms. The molecule has 0 radical (unpaired) electrons. The number of nitrogens with zero attached hydrogens (tertiary/aromatic N) is 2. The Hall–Kier alpha value is -2.20. The molecule has 1 aliphatic rings. The fourth-order valence-electron chi connectivity index (χ4n) is 3.38. The Bertz CT molecular complexity index is 827. The highest BCUT2D eigenvalue weighted by molar-refractivity contribution is 7.89. The molecule has 0 saturated carbocycles. The number of ether oxygens (including phenoxy) is 1. The maximum absolute atomic E-state index is 12.9. The zero-order valence-electron chi connectivity index (χ0n) is 16.9. The summed E-state index contributed by atoms with van der Waals surface area (Å²) in [5.74, 6) is 0.0159. The molecule has 0 aliphatic carbocycles. The van der Waals surface area contributed by atoms with Crippen molar-refractivity contribution in [3.63, 3.8) is 0 Å². The summed E-state index contributed by atoms with van der Waals surface area (Å²) in [7, 11) is -2.41. The number of nitro benzene ring substituents is 1. The molecule has 1 aromatic rings. The Labute approximate surface area is 171 Å². The van der Waals surface area contributed by atoms with Gasteiger partial charge in [-0.25, -0.2) is 8.42 Å². The number of nitro groups is 1. The van der Waals surface area contributed by atoms with Gasteiger partial charge >= 0.3 is 5.97 Å². The minimum absolute atomic E-state index is 0.0538. The number of sulfonamides is 1. The molecule has 1 fully saturated rings. The summed E-state index contributed by atoms with van der Waals surface area (Å²) in [6.07, 6.45) is 4.29. The van der Waals surface area contributed by atoms with Crippen molar-refractivity contribution in [3.8, 4) is 0 Å². The Morgan fingerprint density at radius 2 is 2.10 bits per heavy atom. The lowest BCUT2D eigenvalue weighted by Crippen LogP contribution is -2.39. The van der Waals surface area contributed by atoms with Gasteiger partial charge in [0, 0.05) is 32.1 Å². The smallest absolute Gasteiger partial charge is 0.305 e. The third kappa shape index (κ3) is 6.40. The number of esters is 1. The first-order valence-corrected chi connectivity index (χ1v) is 11.3. The van der Waals surface area contributed by atoms with E-state index in [1.54, 1.807) is 0 Å². The van der Waals surface area contributed by atoms with Gasteiger partial charge in [0.25, 0.3) is 5.69 Å². The highest BCUT2D eigenvalue weighted by Gasteiger charge is 2.30. The maximum atomic E-state index is 12.9. The average Bonchev–Trinajstić information content (AvgIpc) is 2.70. The molecule has 1 heterocycles. The maximum Gasteiger partial charge on any atom is 0.305 e. The van der Waals surface area contributed by atoms with Crippen molar-refractivity contribution in [2.75, 3.05) is 32.1 Å². The van der Waals surface area contributed by atoms with E-state index in [0.29, 0.717) is 32.5 Å². The number of hydrogen-bond acceptors (Lipinski definition) is 7. The fourth-order valence-corrected chi connectivity index (χ4v) is 5.00. The Morgan fingerprint density at radius 1 is 1.34 bits per heavy atom. The van der Waals surface area contributed by atoms with Gasteiger partial charge in [0.05, 0.1) is 16.9 Å². The minimum atomic E-state index is -3.75. The van der Waals surface area contributed by atoms with Crippen LogP contribution in [0.3, 0.4) is 0 Å². The zero-order chi connectivity index (χ0) is 21.4. The zero-order valence-corrected chi connectivity index (χ0v) is 17.7. The van der Waals surface area contributed by atoms with E-state index >= 15 is 0 Å². The van der Waals surface area contributed by atoms with Crippen LogP contribution in [0.4, 0.5) is 11.4 Å². The van der Waals surface area contributed by atoms with Gasteiger partial charge in [-0.2, -0.15) is 4.31 Å². The molecule has 1 N–H and O–H groups in total. The quantitative estimate of drug-likeness (QED) is 0.264. The van der Waals surface area contributed by atoms with Crippen molar-refractivity contribution < 1.29 is 22.9 Å².